The van der Waals surface area contributed by atoms with Crippen molar-refractivity contribution in [3.8, 4) is 5.75 Å². The molecule has 1 heterocycles. The molecule has 2 aromatic carbocycles. The van der Waals surface area contributed by atoms with Crippen molar-refractivity contribution in [2.24, 2.45) is 5.92 Å². The van der Waals surface area contributed by atoms with Gasteiger partial charge in [-0.2, -0.15) is 0 Å². The summed E-state index contributed by atoms with van der Waals surface area (Å²) in [5.74, 6) is -2.66. The van der Waals surface area contributed by atoms with Crippen LogP contribution < -0.4 is 4.74 Å². The second-order valence-corrected chi connectivity index (χ2v) is 10.9. The number of piperidine rings is 1. The molecule has 4 rings (SSSR count). The second-order valence-electron chi connectivity index (χ2n) is 10.9. The minimum Gasteiger partial charge on any atom is -0.491 e. The third kappa shape index (κ3) is 7.37. The van der Waals surface area contributed by atoms with Gasteiger partial charge in [-0.1, -0.05) is 12.1 Å². The minimum atomic E-state index is -1.33. The van der Waals surface area contributed by atoms with Gasteiger partial charge in [0.1, 0.15) is 18.0 Å². The van der Waals surface area contributed by atoms with E-state index in [9.17, 15) is 23.5 Å². The molecule has 2 fully saturated rings. The van der Waals surface area contributed by atoms with Gasteiger partial charge in [-0.05, 0) is 73.1 Å². The summed E-state index contributed by atoms with van der Waals surface area (Å²) in [6.07, 6.45) is 2.18. The molecule has 2 aromatic rings. The number of ether oxygens (including phenoxy) is 4. The fourth-order valence-electron chi connectivity index (χ4n) is 5.73. The fraction of sp³-hybridized carbons (Fsp3) is 0.548. The number of rotatable bonds is 14. The number of halogens is 2. The molecule has 1 N–H and O–H groups in total. The zero-order valence-corrected chi connectivity index (χ0v) is 24.4. The van der Waals surface area contributed by atoms with Crippen LogP contribution >= 0.6 is 0 Å². The van der Waals surface area contributed by atoms with E-state index >= 15 is 0 Å². The highest BCUT2D eigenvalue weighted by Crippen LogP contribution is 2.44. The van der Waals surface area contributed by atoms with E-state index in [0.717, 1.165) is 48.9 Å². The van der Waals surface area contributed by atoms with Crippen molar-refractivity contribution < 1.29 is 42.4 Å². The Morgan fingerprint density at radius 1 is 1.00 bits per heavy atom. The topological polar surface area (TPSA) is 97.8 Å². The third-order valence-electron chi connectivity index (χ3n) is 8.08. The second kappa shape index (κ2) is 14.3. The van der Waals surface area contributed by atoms with E-state index in [2.05, 4.69) is 0 Å². The van der Waals surface area contributed by atoms with Crippen LogP contribution in [0.3, 0.4) is 0 Å². The number of carboxylic acid groups (broad SMARTS) is 1. The first-order valence-electron chi connectivity index (χ1n) is 14.2. The van der Waals surface area contributed by atoms with Crippen LogP contribution in [0.15, 0.2) is 36.4 Å². The molecule has 1 saturated heterocycles. The molecule has 42 heavy (non-hydrogen) atoms. The van der Waals surface area contributed by atoms with Crippen LogP contribution in [-0.2, 0) is 37.6 Å². The first kappa shape index (κ1) is 31.7. The number of aryl methyl sites for hydroxylation is 1. The predicted octanol–water partition coefficient (Wildman–Crippen LogP) is 4.60. The smallest absolute Gasteiger partial charge is 0.407 e. The number of likely N-dealkylation sites (tertiary alicyclic amines) is 1. The normalized spacial score (nSPS) is 20.4. The average Bonchev–Trinajstić information content (AvgIpc) is 3.82. The largest absolute Gasteiger partial charge is 0.491 e. The molecule has 230 valence electrons. The zero-order valence-electron chi connectivity index (χ0n) is 24.4. The van der Waals surface area contributed by atoms with Crippen molar-refractivity contribution in [1.29, 1.82) is 0 Å². The summed E-state index contributed by atoms with van der Waals surface area (Å²) in [5, 5.41) is 9.78. The lowest BCUT2D eigenvalue weighted by Crippen LogP contribution is -2.58. The van der Waals surface area contributed by atoms with Gasteiger partial charge in [-0.15, -0.1) is 0 Å². The van der Waals surface area contributed by atoms with E-state index in [1.54, 1.807) is 19.1 Å². The molecule has 1 saturated carbocycles. The van der Waals surface area contributed by atoms with E-state index in [1.807, 2.05) is 18.2 Å². The lowest BCUT2D eigenvalue weighted by atomic mass is 9.74. The number of amides is 2. The summed E-state index contributed by atoms with van der Waals surface area (Å²) in [5.41, 5.74) is 0.889. The van der Waals surface area contributed by atoms with Gasteiger partial charge < -0.3 is 33.9 Å². The van der Waals surface area contributed by atoms with Crippen LogP contribution in [0.25, 0.3) is 0 Å². The maximum Gasteiger partial charge on any atom is 0.407 e. The maximum absolute atomic E-state index is 14.4. The first-order valence-corrected chi connectivity index (χ1v) is 14.2. The van der Waals surface area contributed by atoms with Crippen LogP contribution in [-0.4, -0.2) is 87.2 Å². The van der Waals surface area contributed by atoms with Crippen LogP contribution in [0.1, 0.15) is 42.4 Å². The van der Waals surface area contributed by atoms with E-state index < -0.39 is 29.2 Å². The molecule has 0 spiro atoms. The Morgan fingerprint density at radius 3 is 2.38 bits per heavy atom. The Kier molecular flexibility index (Phi) is 10.7. The van der Waals surface area contributed by atoms with Crippen molar-refractivity contribution >= 4 is 12.0 Å². The molecule has 11 heteroatoms. The number of carbonyl (C=O) groups excluding carboxylic acids is 1. The van der Waals surface area contributed by atoms with Gasteiger partial charge in [-0.25, -0.2) is 13.6 Å². The van der Waals surface area contributed by atoms with Crippen LogP contribution in [0, 0.1) is 17.6 Å². The van der Waals surface area contributed by atoms with Crippen molar-refractivity contribution in [2.45, 2.75) is 50.3 Å². The molecule has 2 atom stereocenters. The van der Waals surface area contributed by atoms with Gasteiger partial charge in [0.05, 0.1) is 12.5 Å². The van der Waals surface area contributed by atoms with E-state index in [1.165, 1.54) is 18.1 Å². The quantitative estimate of drug-likeness (QED) is 0.321. The molecule has 1 aliphatic heterocycles. The van der Waals surface area contributed by atoms with Gasteiger partial charge in [0.2, 0.25) is 5.91 Å². The highest BCUT2D eigenvalue weighted by Gasteiger charge is 2.52. The number of hydrogen-bond donors (Lipinski definition) is 1. The van der Waals surface area contributed by atoms with E-state index in [0.29, 0.717) is 31.1 Å². The monoisotopic (exact) mass is 590 g/mol. The Bertz CT molecular complexity index is 1210. The Balaban J connectivity index is 1.68. The third-order valence-corrected chi connectivity index (χ3v) is 8.08. The van der Waals surface area contributed by atoms with Gasteiger partial charge in [0.15, 0.2) is 11.6 Å². The number of hydrogen-bond acceptors (Lipinski definition) is 6. The summed E-state index contributed by atoms with van der Waals surface area (Å²) >= 11 is 0. The van der Waals surface area contributed by atoms with Crippen LogP contribution in [0.5, 0.6) is 5.75 Å². The number of nitrogens with zero attached hydrogens (tertiary/aromatic N) is 2. The highest BCUT2D eigenvalue weighted by atomic mass is 19.2. The first-order chi connectivity index (χ1) is 20.2. The zero-order chi connectivity index (χ0) is 30.3. The molecule has 0 bridgehead atoms. The molecule has 0 aromatic heterocycles. The standard InChI is InChI=1S/C31H40F2N2O7/c1-39-12-4-5-21-15-22(17-25(16-21)42-14-13-40-2)19-35(24-7-8-24)29(36)26-20-34(30(37)38)11-10-31(26,41-3)23-6-9-27(32)28(33)18-23/h6,9,15-18,24,26H,4-5,7-8,10-14,19-20H2,1-3H3,(H,37,38)/t26-,31+/m1/s1. The predicted molar refractivity (Wildman–Crippen MR) is 150 cm³/mol. The number of benzene rings is 2. The SMILES string of the molecule is COCCCc1cc(CN(C(=O)[C@H]2CN(C(=O)O)CC[C@]2(OC)c2ccc(F)c(F)c2)C2CC2)cc(OCCOC)c1. The molecule has 1 aliphatic carbocycles. The molecule has 9 nitrogen and oxygen atoms in total. The summed E-state index contributed by atoms with van der Waals surface area (Å²) in [7, 11) is 4.69. The van der Waals surface area contributed by atoms with Crippen LogP contribution in [0.4, 0.5) is 13.6 Å². The van der Waals surface area contributed by atoms with Crippen molar-refractivity contribution in [2.75, 3.05) is 54.2 Å². The minimum absolute atomic E-state index is 0.0211. The lowest BCUT2D eigenvalue weighted by molar-refractivity contribution is -0.159. The van der Waals surface area contributed by atoms with E-state index in [4.69, 9.17) is 18.9 Å². The maximum atomic E-state index is 14.4. The van der Waals surface area contributed by atoms with E-state index in [-0.39, 0.29) is 38.0 Å². The summed E-state index contributed by atoms with van der Waals surface area (Å²) < 4.78 is 50.5. The van der Waals surface area contributed by atoms with Gasteiger partial charge in [-0.3, -0.25) is 4.79 Å². The number of methoxy groups -OCH3 is 3. The summed E-state index contributed by atoms with van der Waals surface area (Å²) in [6.45, 7) is 1.65. The van der Waals surface area contributed by atoms with Crippen molar-refractivity contribution in [3.63, 3.8) is 0 Å². The summed E-state index contributed by atoms with van der Waals surface area (Å²) in [6, 6.07) is 9.37. The lowest BCUT2D eigenvalue weighted by Gasteiger charge is -2.47. The fourth-order valence-corrected chi connectivity index (χ4v) is 5.73. The number of carbonyl (C=O) groups is 2. The molecule has 0 radical (unpaired) electrons. The molecular formula is C31H40F2N2O7. The molecule has 2 amide bonds. The Labute approximate surface area is 245 Å². The van der Waals surface area contributed by atoms with Crippen LogP contribution in [0.2, 0.25) is 0 Å². The molecular weight excluding hydrogens is 550 g/mol. The molecule has 2 aliphatic rings. The highest BCUT2D eigenvalue weighted by molar-refractivity contribution is 5.82. The van der Waals surface area contributed by atoms with Crippen molar-refractivity contribution in [1.82, 2.24) is 9.80 Å². The van der Waals surface area contributed by atoms with Gasteiger partial charge in [0, 0.05) is 53.6 Å². The Hall–Kier alpha value is -3.28. The average molecular weight is 591 g/mol. The van der Waals surface area contributed by atoms with Crippen molar-refractivity contribution in [3.05, 3.63) is 64.7 Å². The molecule has 0 unspecified atom stereocenters. The van der Waals surface area contributed by atoms with Gasteiger partial charge >= 0.3 is 6.09 Å². The Morgan fingerprint density at radius 2 is 1.74 bits per heavy atom. The summed E-state index contributed by atoms with van der Waals surface area (Å²) in [4.78, 5) is 29.4. The van der Waals surface area contributed by atoms with Gasteiger partial charge in [0.25, 0.3) is 0 Å².